The first-order valence-electron chi connectivity index (χ1n) is 9.60. The molecule has 1 aromatic carbocycles. The van der Waals surface area contributed by atoms with Crippen LogP contribution in [0.3, 0.4) is 0 Å². The molecule has 1 amide bonds. The Bertz CT molecular complexity index is 772. The van der Waals surface area contributed by atoms with Gasteiger partial charge in [0.2, 0.25) is 11.8 Å². The molecule has 8 heteroatoms. The van der Waals surface area contributed by atoms with E-state index in [0.717, 1.165) is 38.4 Å². The van der Waals surface area contributed by atoms with Crippen molar-refractivity contribution in [3.8, 4) is 5.75 Å². The smallest absolute Gasteiger partial charge is 0.240 e. The SMILES string of the molecule is CC(C)c1cc(NC(=O)CN2CCN(CCOc3ccccc3Cl)CC2)on1. The number of amides is 1. The van der Waals surface area contributed by atoms with Crippen LogP contribution in [-0.2, 0) is 4.79 Å². The lowest BCUT2D eigenvalue weighted by Crippen LogP contribution is -2.49. The number of halogens is 1. The Morgan fingerprint density at radius 3 is 2.64 bits per heavy atom. The number of hydrogen-bond acceptors (Lipinski definition) is 6. The molecule has 1 fully saturated rings. The Hall–Kier alpha value is -2.09. The quantitative estimate of drug-likeness (QED) is 0.726. The summed E-state index contributed by atoms with van der Waals surface area (Å²) in [6.07, 6.45) is 0. The van der Waals surface area contributed by atoms with Gasteiger partial charge in [0.05, 0.1) is 17.3 Å². The van der Waals surface area contributed by atoms with Crippen molar-refractivity contribution in [2.24, 2.45) is 0 Å². The summed E-state index contributed by atoms with van der Waals surface area (Å²) >= 11 is 6.09. The number of benzene rings is 1. The van der Waals surface area contributed by atoms with Crippen LogP contribution in [0.2, 0.25) is 5.02 Å². The van der Waals surface area contributed by atoms with E-state index in [-0.39, 0.29) is 11.8 Å². The molecule has 2 aromatic rings. The number of ether oxygens (including phenoxy) is 1. The van der Waals surface area contributed by atoms with E-state index in [1.54, 1.807) is 6.07 Å². The summed E-state index contributed by atoms with van der Waals surface area (Å²) in [7, 11) is 0. The third-order valence-electron chi connectivity index (χ3n) is 4.72. The maximum absolute atomic E-state index is 12.2. The van der Waals surface area contributed by atoms with Crippen molar-refractivity contribution in [1.82, 2.24) is 15.0 Å². The molecule has 0 radical (unpaired) electrons. The number of anilines is 1. The summed E-state index contributed by atoms with van der Waals surface area (Å²) in [6, 6.07) is 9.27. The van der Waals surface area contributed by atoms with Crippen LogP contribution in [0.25, 0.3) is 0 Å². The van der Waals surface area contributed by atoms with Crippen LogP contribution in [0.5, 0.6) is 5.75 Å². The molecule has 1 N–H and O–H groups in total. The van der Waals surface area contributed by atoms with Gasteiger partial charge in [0.15, 0.2) is 0 Å². The van der Waals surface area contributed by atoms with Crippen LogP contribution in [0, 0.1) is 0 Å². The number of piperazine rings is 1. The summed E-state index contributed by atoms with van der Waals surface area (Å²) in [5, 5.41) is 7.36. The number of para-hydroxylation sites is 1. The molecule has 0 atom stereocenters. The molecule has 2 heterocycles. The van der Waals surface area contributed by atoms with Crippen molar-refractivity contribution in [2.45, 2.75) is 19.8 Å². The first-order chi connectivity index (χ1) is 13.5. The summed E-state index contributed by atoms with van der Waals surface area (Å²) < 4.78 is 10.9. The molecule has 1 aromatic heterocycles. The van der Waals surface area contributed by atoms with E-state index in [1.165, 1.54) is 0 Å². The van der Waals surface area contributed by atoms with Gasteiger partial charge < -0.3 is 9.26 Å². The highest BCUT2D eigenvalue weighted by Gasteiger charge is 2.20. The molecule has 0 bridgehead atoms. The number of carbonyl (C=O) groups is 1. The molecule has 152 valence electrons. The summed E-state index contributed by atoms with van der Waals surface area (Å²) in [6.45, 7) is 9.32. The second kappa shape index (κ2) is 9.91. The molecule has 0 aliphatic carbocycles. The third-order valence-corrected chi connectivity index (χ3v) is 5.03. The van der Waals surface area contributed by atoms with Crippen molar-refractivity contribution in [3.63, 3.8) is 0 Å². The second-order valence-electron chi connectivity index (χ2n) is 7.22. The number of hydrogen-bond donors (Lipinski definition) is 1. The zero-order valence-corrected chi connectivity index (χ0v) is 17.1. The average Bonchev–Trinajstić information content (AvgIpc) is 3.13. The number of rotatable bonds is 8. The zero-order chi connectivity index (χ0) is 19.9. The standard InChI is InChI=1S/C20H27ClN4O3/c1-15(2)17-13-20(28-23-17)22-19(26)14-25-9-7-24(8-10-25)11-12-27-18-6-4-3-5-16(18)21/h3-6,13,15H,7-12,14H2,1-2H3,(H,22,26). The number of nitrogens with zero attached hydrogens (tertiary/aromatic N) is 3. The second-order valence-corrected chi connectivity index (χ2v) is 7.62. The monoisotopic (exact) mass is 406 g/mol. The van der Waals surface area contributed by atoms with Gasteiger partial charge in [-0.25, -0.2) is 0 Å². The van der Waals surface area contributed by atoms with E-state index in [2.05, 4.69) is 20.3 Å². The van der Waals surface area contributed by atoms with Gasteiger partial charge in [0, 0.05) is 38.8 Å². The Morgan fingerprint density at radius 2 is 1.96 bits per heavy atom. The maximum atomic E-state index is 12.2. The molecule has 3 rings (SSSR count). The van der Waals surface area contributed by atoms with Crippen LogP contribution in [0.15, 0.2) is 34.9 Å². The Labute approximate surface area is 170 Å². The molecule has 7 nitrogen and oxygen atoms in total. The highest BCUT2D eigenvalue weighted by molar-refractivity contribution is 6.32. The van der Waals surface area contributed by atoms with E-state index in [0.29, 0.717) is 29.8 Å². The van der Waals surface area contributed by atoms with E-state index < -0.39 is 0 Å². The molecule has 0 spiro atoms. The highest BCUT2D eigenvalue weighted by atomic mass is 35.5. The zero-order valence-electron chi connectivity index (χ0n) is 16.4. The van der Waals surface area contributed by atoms with Crippen molar-refractivity contribution in [3.05, 3.63) is 41.0 Å². The molecular weight excluding hydrogens is 380 g/mol. The average molecular weight is 407 g/mol. The number of carbonyl (C=O) groups excluding carboxylic acids is 1. The van der Waals surface area contributed by atoms with Crippen LogP contribution < -0.4 is 10.1 Å². The fourth-order valence-corrected chi connectivity index (χ4v) is 3.21. The fourth-order valence-electron chi connectivity index (χ4n) is 3.02. The van der Waals surface area contributed by atoms with Gasteiger partial charge in [-0.1, -0.05) is 42.7 Å². The first kappa shape index (κ1) is 20.6. The summed E-state index contributed by atoms with van der Waals surface area (Å²) in [5.41, 5.74) is 0.836. The van der Waals surface area contributed by atoms with Gasteiger partial charge in [-0.3, -0.25) is 19.9 Å². The fraction of sp³-hybridized carbons (Fsp3) is 0.500. The van der Waals surface area contributed by atoms with Crippen LogP contribution in [0.1, 0.15) is 25.5 Å². The summed E-state index contributed by atoms with van der Waals surface area (Å²) in [5.74, 6) is 1.31. The molecule has 0 unspecified atom stereocenters. The largest absolute Gasteiger partial charge is 0.491 e. The predicted octanol–water partition coefficient (Wildman–Crippen LogP) is 3.09. The summed E-state index contributed by atoms with van der Waals surface area (Å²) in [4.78, 5) is 16.7. The van der Waals surface area contributed by atoms with Gasteiger partial charge in [-0.05, 0) is 18.1 Å². The van der Waals surface area contributed by atoms with Gasteiger partial charge in [0.1, 0.15) is 12.4 Å². The van der Waals surface area contributed by atoms with Crippen LogP contribution >= 0.6 is 11.6 Å². The minimum Gasteiger partial charge on any atom is -0.491 e. The van der Waals surface area contributed by atoms with Crippen molar-refractivity contribution < 1.29 is 14.1 Å². The minimum atomic E-state index is -0.0815. The topological polar surface area (TPSA) is 70.8 Å². The molecule has 1 aliphatic heterocycles. The van der Waals surface area contributed by atoms with E-state index in [9.17, 15) is 4.79 Å². The van der Waals surface area contributed by atoms with Gasteiger partial charge in [-0.2, -0.15) is 0 Å². The highest BCUT2D eigenvalue weighted by Crippen LogP contribution is 2.23. The third kappa shape index (κ3) is 5.95. The van der Waals surface area contributed by atoms with Crippen molar-refractivity contribution >= 4 is 23.4 Å². The lowest BCUT2D eigenvalue weighted by molar-refractivity contribution is -0.117. The molecule has 1 saturated heterocycles. The molecule has 1 aliphatic rings. The Balaban J connectivity index is 1.34. The predicted molar refractivity (Wildman–Crippen MR) is 109 cm³/mol. The van der Waals surface area contributed by atoms with Crippen molar-refractivity contribution in [1.29, 1.82) is 0 Å². The number of aromatic nitrogens is 1. The van der Waals surface area contributed by atoms with Gasteiger partial charge in [0.25, 0.3) is 0 Å². The normalized spacial score (nSPS) is 15.7. The van der Waals surface area contributed by atoms with Crippen LogP contribution in [0.4, 0.5) is 5.88 Å². The molecule has 28 heavy (non-hydrogen) atoms. The lowest BCUT2D eigenvalue weighted by atomic mass is 10.1. The van der Waals surface area contributed by atoms with Crippen molar-refractivity contribution in [2.75, 3.05) is 51.2 Å². The van der Waals surface area contributed by atoms with E-state index in [4.69, 9.17) is 20.9 Å². The Kier molecular flexibility index (Phi) is 7.30. The first-order valence-corrected chi connectivity index (χ1v) is 9.97. The maximum Gasteiger partial charge on any atom is 0.240 e. The van der Waals surface area contributed by atoms with Gasteiger partial charge >= 0.3 is 0 Å². The van der Waals surface area contributed by atoms with E-state index >= 15 is 0 Å². The van der Waals surface area contributed by atoms with Crippen LogP contribution in [-0.4, -0.2) is 66.7 Å². The molecular formula is C20H27ClN4O3. The van der Waals surface area contributed by atoms with Gasteiger partial charge in [-0.15, -0.1) is 0 Å². The minimum absolute atomic E-state index is 0.0815. The lowest BCUT2D eigenvalue weighted by Gasteiger charge is -2.34. The Morgan fingerprint density at radius 1 is 1.25 bits per heavy atom. The van der Waals surface area contributed by atoms with E-state index in [1.807, 2.05) is 38.1 Å². The number of nitrogens with one attached hydrogen (secondary N) is 1. The molecule has 0 saturated carbocycles.